The fourth-order valence-corrected chi connectivity index (χ4v) is 2.17. The molecule has 116 valence electrons. The Morgan fingerprint density at radius 2 is 1.81 bits per heavy atom. The number of benzene rings is 1. The lowest BCUT2D eigenvalue weighted by molar-refractivity contribution is -0.127. The first-order valence-electron chi connectivity index (χ1n) is 5.85. The van der Waals surface area contributed by atoms with Crippen LogP contribution in [0.1, 0.15) is 10.4 Å². The monoisotopic (exact) mass is 315 g/mol. The van der Waals surface area contributed by atoms with Crippen molar-refractivity contribution in [1.29, 1.82) is 0 Å². The third-order valence-electron chi connectivity index (χ3n) is 2.81. The Hall–Kier alpha value is -2.13. The van der Waals surface area contributed by atoms with Crippen LogP contribution in [-0.4, -0.2) is 58.0 Å². The predicted molar refractivity (Wildman–Crippen MR) is 76.7 cm³/mol. The van der Waals surface area contributed by atoms with Gasteiger partial charge in [-0.3, -0.25) is 4.79 Å². The first-order valence-corrected chi connectivity index (χ1v) is 7.40. The Balaban J connectivity index is 3.24. The number of hydrogen-bond acceptors (Lipinski definition) is 5. The number of likely N-dealkylation sites (N-methyl/N-ethyl adjacent to an activating group) is 2. The van der Waals surface area contributed by atoms with Crippen LogP contribution in [0.15, 0.2) is 23.1 Å². The topological polar surface area (TPSA) is 121 Å². The summed E-state index contributed by atoms with van der Waals surface area (Å²) >= 11 is 0. The van der Waals surface area contributed by atoms with Gasteiger partial charge in [0.1, 0.15) is 0 Å². The number of carbonyl (C=O) groups is 2. The van der Waals surface area contributed by atoms with Crippen molar-refractivity contribution in [3.63, 3.8) is 0 Å². The number of hydrogen-bond donors (Lipinski definition) is 2. The molecule has 0 spiro atoms. The maximum Gasteiger partial charge on any atom is 0.337 e. The largest absolute Gasteiger partial charge is 0.478 e. The molecule has 1 aromatic rings. The molecule has 0 atom stereocenters. The van der Waals surface area contributed by atoms with Crippen LogP contribution in [0.3, 0.4) is 0 Å². The summed E-state index contributed by atoms with van der Waals surface area (Å²) in [5.74, 6) is -1.52. The Morgan fingerprint density at radius 1 is 1.24 bits per heavy atom. The number of sulfonamides is 1. The fraction of sp³-hybridized carbons (Fsp3) is 0.333. The van der Waals surface area contributed by atoms with Crippen molar-refractivity contribution in [1.82, 2.24) is 4.90 Å². The molecular formula is C12H17N3O5S. The summed E-state index contributed by atoms with van der Waals surface area (Å²) < 4.78 is 22.5. The zero-order chi connectivity index (χ0) is 16.4. The third-order valence-corrected chi connectivity index (χ3v) is 3.72. The van der Waals surface area contributed by atoms with Gasteiger partial charge in [0.05, 0.1) is 22.7 Å². The molecular weight excluding hydrogens is 298 g/mol. The minimum absolute atomic E-state index is 0.0397. The average Bonchev–Trinajstić information content (AvgIpc) is 2.36. The number of carbonyl (C=O) groups excluding carboxylic acids is 1. The Labute approximate surface area is 122 Å². The SMILES string of the molecule is CN(C)C(=O)CN(C)c1ccc(S(N)(=O)=O)cc1C(=O)O. The van der Waals surface area contributed by atoms with E-state index in [1.54, 1.807) is 21.1 Å². The second kappa shape index (κ2) is 6.10. The molecule has 0 aliphatic heterocycles. The van der Waals surface area contributed by atoms with Gasteiger partial charge >= 0.3 is 5.97 Å². The fourth-order valence-electron chi connectivity index (χ4n) is 1.63. The Morgan fingerprint density at radius 3 is 2.24 bits per heavy atom. The molecule has 0 radical (unpaired) electrons. The second-order valence-corrected chi connectivity index (χ2v) is 6.23. The van der Waals surface area contributed by atoms with Crippen LogP contribution in [-0.2, 0) is 14.8 Å². The van der Waals surface area contributed by atoms with E-state index in [0.717, 1.165) is 6.07 Å². The standard InChI is InChI=1S/C12H17N3O5S/c1-14(2)11(16)7-15(3)10-5-4-8(21(13,19)20)6-9(10)12(17)18/h4-6H,7H2,1-3H3,(H,17,18)(H2,13,19,20). The van der Waals surface area contributed by atoms with Crippen LogP contribution in [0.2, 0.25) is 0 Å². The molecule has 1 amide bonds. The summed E-state index contributed by atoms with van der Waals surface area (Å²) in [5, 5.41) is 14.2. The van der Waals surface area contributed by atoms with Gasteiger partial charge in [0.25, 0.3) is 0 Å². The van der Waals surface area contributed by atoms with Crippen molar-refractivity contribution >= 4 is 27.6 Å². The van der Waals surface area contributed by atoms with Crippen LogP contribution < -0.4 is 10.0 Å². The number of carboxylic acids is 1. The minimum Gasteiger partial charge on any atom is -0.478 e. The van der Waals surface area contributed by atoms with E-state index in [1.807, 2.05) is 0 Å². The van der Waals surface area contributed by atoms with Crippen LogP contribution in [0, 0.1) is 0 Å². The van der Waals surface area contributed by atoms with Gasteiger partial charge in [-0.05, 0) is 18.2 Å². The molecule has 9 heteroatoms. The zero-order valence-corrected chi connectivity index (χ0v) is 12.7. The highest BCUT2D eigenvalue weighted by atomic mass is 32.2. The van der Waals surface area contributed by atoms with Crippen LogP contribution >= 0.6 is 0 Å². The number of nitrogens with zero attached hydrogens (tertiary/aromatic N) is 2. The summed E-state index contributed by atoms with van der Waals surface area (Å²) in [7, 11) is 0.710. The van der Waals surface area contributed by atoms with Gasteiger partial charge in [-0.1, -0.05) is 0 Å². The van der Waals surface area contributed by atoms with E-state index < -0.39 is 16.0 Å². The van der Waals surface area contributed by atoms with Gasteiger partial charge in [0.15, 0.2) is 0 Å². The van der Waals surface area contributed by atoms with Crippen LogP contribution in [0.5, 0.6) is 0 Å². The Bertz CT molecular complexity index is 669. The molecule has 0 aromatic heterocycles. The van der Waals surface area contributed by atoms with Gasteiger partial charge in [0.2, 0.25) is 15.9 Å². The van der Waals surface area contributed by atoms with Gasteiger partial charge in [-0.2, -0.15) is 0 Å². The molecule has 0 aliphatic rings. The quantitative estimate of drug-likeness (QED) is 0.759. The van der Waals surface area contributed by atoms with Gasteiger partial charge in [-0.15, -0.1) is 0 Å². The number of carboxylic acid groups (broad SMARTS) is 1. The lowest BCUT2D eigenvalue weighted by Gasteiger charge is -2.22. The third kappa shape index (κ3) is 4.17. The van der Waals surface area contributed by atoms with Crippen molar-refractivity contribution < 1.29 is 23.1 Å². The summed E-state index contributed by atoms with van der Waals surface area (Å²) in [4.78, 5) is 25.4. The molecule has 1 aromatic carbocycles. The van der Waals surface area contributed by atoms with E-state index in [0.29, 0.717) is 0 Å². The average molecular weight is 315 g/mol. The summed E-state index contributed by atoms with van der Waals surface area (Å²) in [5.41, 5.74) is -0.0133. The second-order valence-electron chi connectivity index (χ2n) is 4.67. The van der Waals surface area contributed by atoms with E-state index in [2.05, 4.69) is 0 Å². The highest BCUT2D eigenvalue weighted by Crippen LogP contribution is 2.23. The molecule has 0 heterocycles. The molecule has 0 aliphatic carbocycles. The lowest BCUT2D eigenvalue weighted by atomic mass is 10.1. The zero-order valence-electron chi connectivity index (χ0n) is 11.9. The number of primary sulfonamides is 1. The molecule has 0 bridgehead atoms. The highest BCUT2D eigenvalue weighted by molar-refractivity contribution is 7.89. The smallest absolute Gasteiger partial charge is 0.337 e. The van der Waals surface area contributed by atoms with E-state index in [4.69, 9.17) is 5.14 Å². The van der Waals surface area contributed by atoms with E-state index in [9.17, 15) is 23.1 Å². The van der Waals surface area contributed by atoms with Gasteiger partial charge in [0, 0.05) is 21.1 Å². The molecule has 21 heavy (non-hydrogen) atoms. The molecule has 0 saturated carbocycles. The molecule has 3 N–H and O–H groups in total. The molecule has 0 saturated heterocycles. The molecule has 8 nitrogen and oxygen atoms in total. The van der Waals surface area contributed by atoms with E-state index >= 15 is 0 Å². The van der Waals surface area contributed by atoms with Crippen molar-refractivity contribution in [3.05, 3.63) is 23.8 Å². The molecule has 1 rings (SSSR count). The van der Waals surface area contributed by atoms with Crippen molar-refractivity contribution in [2.75, 3.05) is 32.6 Å². The maximum atomic E-state index is 11.7. The van der Waals surface area contributed by atoms with Crippen molar-refractivity contribution in [3.8, 4) is 0 Å². The minimum atomic E-state index is -3.99. The van der Waals surface area contributed by atoms with Gasteiger partial charge in [-0.25, -0.2) is 18.4 Å². The molecule has 0 unspecified atom stereocenters. The van der Waals surface area contributed by atoms with Crippen LogP contribution in [0.25, 0.3) is 0 Å². The number of nitrogens with two attached hydrogens (primary N) is 1. The van der Waals surface area contributed by atoms with Crippen LogP contribution in [0.4, 0.5) is 5.69 Å². The summed E-state index contributed by atoms with van der Waals surface area (Å²) in [6.45, 7) is -0.0397. The normalized spacial score (nSPS) is 11.0. The maximum absolute atomic E-state index is 11.7. The van der Waals surface area contributed by atoms with Crippen molar-refractivity contribution in [2.45, 2.75) is 4.90 Å². The first kappa shape index (κ1) is 16.9. The summed E-state index contributed by atoms with van der Waals surface area (Å²) in [6.07, 6.45) is 0. The first-order chi connectivity index (χ1) is 9.54. The number of anilines is 1. The molecule has 0 fully saturated rings. The lowest BCUT2D eigenvalue weighted by Crippen LogP contribution is -2.35. The number of amides is 1. The van der Waals surface area contributed by atoms with Gasteiger partial charge < -0.3 is 14.9 Å². The van der Waals surface area contributed by atoms with Crippen molar-refractivity contribution in [2.24, 2.45) is 5.14 Å². The van der Waals surface area contributed by atoms with E-state index in [-0.39, 0.29) is 28.6 Å². The number of aromatic carboxylic acids is 1. The Kier molecular flexibility index (Phi) is 4.92. The predicted octanol–water partition coefficient (Wildman–Crippen LogP) is -0.443. The van der Waals surface area contributed by atoms with E-state index in [1.165, 1.54) is 21.9 Å². The summed E-state index contributed by atoms with van der Waals surface area (Å²) in [6, 6.07) is 3.49. The highest BCUT2D eigenvalue weighted by Gasteiger charge is 2.19. The number of rotatable bonds is 5.